The molecular formula is C15H20N2O4. The maximum absolute atomic E-state index is 12.5. The summed E-state index contributed by atoms with van der Waals surface area (Å²) in [6, 6.07) is 1.43. The highest BCUT2D eigenvalue weighted by Crippen LogP contribution is 2.22. The van der Waals surface area contributed by atoms with Gasteiger partial charge in [-0.2, -0.15) is 0 Å². The third-order valence-electron chi connectivity index (χ3n) is 3.84. The molecule has 2 rings (SSSR count). The lowest BCUT2D eigenvalue weighted by Crippen LogP contribution is -2.45. The Bertz CT molecular complexity index is 550. The highest BCUT2D eigenvalue weighted by atomic mass is 16.5. The van der Waals surface area contributed by atoms with Crippen LogP contribution in [-0.2, 0) is 9.53 Å². The Hall–Kier alpha value is -2.11. The molecule has 21 heavy (non-hydrogen) atoms. The Labute approximate surface area is 123 Å². The normalized spacial score (nSPS) is 18.4. The summed E-state index contributed by atoms with van der Waals surface area (Å²) < 4.78 is 4.69. The molecule has 1 N–H and O–H groups in total. The van der Waals surface area contributed by atoms with Crippen LogP contribution in [0.1, 0.15) is 53.5 Å². The van der Waals surface area contributed by atoms with Crippen molar-refractivity contribution in [3.05, 3.63) is 23.5 Å². The molecular weight excluding hydrogens is 272 g/mol. The molecule has 1 aromatic heterocycles. The monoisotopic (exact) mass is 292 g/mol. The predicted octanol–water partition coefficient (Wildman–Crippen LogP) is 1.78. The summed E-state index contributed by atoms with van der Waals surface area (Å²) in [5.41, 5.74) is 0.872. The van der Waals surface area contributed by atoms with E-state index in [1.54, 1.807) is 11.0 Å². The van der Waals surface area contributed by atoms with Crippen LogP contribution in [0.4, 0.5) is 0 Å². The van der Waals surface area contributed by atoms with Crippen LogP contribution in [-0.4, -0.2) is 47.2 Å². The number of likely N-dealkylation sites (tertiary alicyclic amines) is 1. The maximum atomic E-state index is 12.5. The standard InChI is InChI=1S/C15H20N2O4/c1-10(18)11-7-13(16-9-11)15(20)17-6-4-3-5-12(17)8-14(19)21-2/h7,9,12,16H,3-6,8H2,1-2H3. The summed E-state index contributed by atoms with van der Waals surface area (Å²) in [5, 5.41) is 0. The van der Waals surface area contributed by atoms with Crippen LogP contribution in [0.15, 0.2) is 12.3 Å². The van der Waals surface area contributed by atoms with Crippen LogP contribution < -0.4 is 0 Å². The van der Waals surface area contributed by atoms with Gasteiger partial charge >= 0.3 is 5.97 Å². The van der Waals surface area contributed by atoms with Gasteiger partial charge in [0.05, 0.1) is 13.5 Å². The van der Waals surface area contributed by atoms with Gasteiger partial charge in [-0.15, -0.1) is 0 Å². The van der Waals surface area contributed by atoms with E-state index in [9.17, 15) is 14.4 Å². The Balaban J connectivity index is 2.13. The summed E-state index contributed by atoms with van der Waals surface area (Å²) in [6.07, 6.45) is 4.46. The molecule has 6 heteroatoms. The van der Waals surface area contributed by atoms with Crippen LogP contribution in [0.25, 0.3) is 0 Å². The molecule has 0 bridgehead atoms. The van der Waals surface area contributed by atoms with Gasteiger partial charge in [0.15, 0.2) is 5.78 Å². The third kappa shape index (κ3) is 3.51. The van der Waals surface area contributed by atoms with Crippen molar-refractivity contribution in [1.82, 2.24) is 9.88 Å². The number of rotatable bonds is 4. The molecule has 0 aromatic carbocycles. The average Bonchev–Trinajstić information content (AvgIpc) is 2.97. The van der Waals surface area contributed by atoms with Gasteiger partial charge in [-0.3, -0.25) is 14.4 Å². The van der Waals surface area contributed by atoms with Crippen molar-refractivity contribution in [3.8, 4) is 0 Å². The molecule has 1 aromatic rings. The number of hydrogen-bond donors (Lipinski definition) is 1. The molecule has 0 radical (unpaired) electrons. The summed E-state index contributed by atoms with van der Waals surface area (Å²) in [7, 11) is 1.35. The van der Waals surface area contributed by atoms with Crippen LogP contribution in [0, 0.1) is 0 Å². The number of piperidine rings is 1. The molecule has 1 aliphatic heterocycles. The van der Waals surface area contributed by atoms with Crippen LogP contribution >= 0.6 is 0 Å². The number of carbonyl (C=O) groups is 3. The van der Waals surface area contributed by atoms with E-state index in [0.717, 1.165) is 19.3 Å². The lowest BCUT2D eigenvalue weighted by molar-refractivity contribution is -0.142. The summed E-state index contributed by atoms with van der Waals surface area (Å²) >= 11 is 0. The summed E-state index contributed by atoms with van der Waals surface area (Å²) in [6.45, 7) is 2.08. The number of aromatic nitrogens is 1. The van der Waals surface area contributed by atoms with Crippen molar-refractivity contribution in [3.63, 3.8) is 0 Å². The van der Waals surface area contributed by atoms with Crippen molar-refractivity contribution in [1.29, 1.82) is 0 Å². The average molecular weight is 292 g/mol. The first kappa shape index (κ1) is 15.3. The van der Waals surface area contributed by atoms with Gasteiger partial charge in [0.25, 0.3) is 5.91 Å². The highest BCUT2D eigenvalue weighted by molar-refractivity contribution is 5.99. The number of Topliss-reactive ketones (excluding diaryl/α,β-unsaturated/α-hetero) is 1. The second kappa shape index (κ2) is 6.56. The van der Waals surface area contributed by atoms with Crippen LogP contribution in [0.2, 0.25) is 0 Å². The molecule has 1 saturated heterocycles. The van der Waals surface area contributed by atoms with E-state index in [0.29, 0.717) is 17.8 Å². The number of nitrogens with one attached hydrogen (secondary N) is 1. The molecule has 0 aliphatic carbocycles. The number of hydrogen-bond acceptors (Lipinski definition) is 4. The highest BCUT2D eigenvalue weighted by Gasteiger charge is 2.30. The number of nitrogens with zero attached hydrogens (tertiary/aromatic N) is 1. The van der Waals surface area contributed by atoms with E-state index < -0.39 is 0 Å². The SMILES string of the molecule is COC(=O)CC1CCCCN1C(=O)c1cc(C(C)=O)c[nH]1. The van der Waals surface area contributed by atoms with E-state index in [2.05, 4.69) is 4.98 Å². The number of esters is 1. The number of ether oxygens (including phenoxy) is 1. The largest absolute Gasteiger partial charge is 0.469 e. The Kier molecular flexibility index (Phi) is 4.77. The first-order chi connectivity index (χ1) is 10.0. The molecule has 2 heterocycles. The van der Waals surface area contributed by atoms with Crippen molar-refractivity contribution in [2.24, 2.45) is 0 Å². The molecule has 1 unspecified atom stereocenters. The van der Waals surface area contributed by atoms with Crippen molar-refractivity contribution in [2.75, 3.05) is 13.7 Å². The molecule has 1 aliphatic rings. The smallest absolute Gasteiger partial charge is 0.307 e. The van der Waals surface area contributed by atoms with Gasteiger partial charge in [-0.05, 0) is 32.3 Å². The summed E-state index contributed by atoms with van der Waals surface area (Å²) in [5.74, 6) is -0.568. The lowest BCUT2D eigenvalue weighted by atomic mass is 9.99. The summed E-state index contributed by atoms with van der Waals surface area (Å²) in [4.78, 5) is 39.9. The molecule has 1 atom stereocenters. The minimum atomic E-state index is -0.310. The lowest BCUT2D eigenvalue weighted by Gasteiger charge is -2.34. The zero-order chi connectivity index (χ0) is 15.4. The van der Waals surface area contributed by atoms with Gasteiger partial charge in [0.2, 0.25) is 0 Å². The van der Waals surface area contributed by atoms with E-state index in [4.69, 9.17) is 4.74 Å². The van der Waals surface area contributed by atoms with E-state index in [1.807, 2.05) is 0 Å². The van der Waals surface area contributed by atoms with Crippen LogP contribution in [0.5, 0.6) is 0 Å². The number of amides is 1. The second-order valence-corrected chi connectivity index (χ2v) is 5.29. The van der Waals surface area contributed by atoms with Gasteiger partial charge in [0.1, 0.15) is 5.69 Å². The fourth-order valence-electron chi connectivity index (χ4n) is 2.63. The molecule has 1 fully saturated rings. The zero-order valence-corrected chi connectivity index (χ0v) is 12.3. The number of H-pyrrole nitrogens is 1. The van der Waals surface area contributed by atoms with Crippen molar-refractivity contribution < 1.29 is 19.1 Å². The van der Waals surface area contributed by atoms with E-state index >= 15 is 0 Å². The molecule has 0 saturated carbocycles. The molecule has 0 spiro atoms. The van der Waals surface area contributed by atoms with Crippen molar-refractivity contribution in [2.45, 2.75) is 38.6 Å². The number of ketones is 1. The zero-order valence-electron chi connectivity index (χ0n) is 12.3. The number of aromatic amines is 1. The Morgan fingerprint density at radius 3 is 2.76 bits per heavy atom. The quantitative estimate of drug-likeness (QED) is 0.677. The maximum Gasteiger partial charge on any atom is 0.307 e. The van der Waals surface area contributed by atoms with Gasteiger partial charge < -0.3 is 14.6 Å². The third-order valence-corrected chi connectivity index (χ3v) is 3.84. The number of methoxy groups -OCH3 is 1. The number of carbonyl (C=O) groups excluding carboxylic acids is 3. The van der Waals surface area contributed by atoms with Gasteiger partial charge in [0, 0.05) is 24.3 Å². The van der Waals surface area contributed by atoms with E-state index in [-0.39, 0.29) is 30.1 Å². The van der Waals surface area contributed by atoms with Gasteiger partial charge in [-0.1, -0.05) is 0 Å². The first-order valence-electron chi connectivity index (χ1n) is 7.10. The van der Waals surface area contributed by atoms with Crippen molar-refractivity contribution >= 4 is 17.7 Å². The van der Waals surface area contributed by atoms with Gasteiger partial charge in [-0.25, -0.2) is 0 Å². The second-order valence-electron chi connectivity index (χ2n) is 5.29. The molecule has 1 amide bonds. The fourth-order valence-corrected chi connectivity index (χ4v) is 2.63. The minimum absolute atomic E-state index is 0.0879. The molecule has 6 nitrogen and oxygen atoms in total. The minimum Gasteiger partial charge on any atom is -0.469 e. The predicted molar refractivity (Wildman–Crippen MR) is 76.1 cm³/mol. The Morgan fingerprint density at radius 1 is 1.38 bits per heavy atom. The molecule has 114 valence electrons. The fraction of sp³-hybridized carbons (Fsp3) is 0.533. The van der Waals surface area contributed by atoms with Crippen LogP contribution in [0.3, 0.4) is 0 Å². The van der Waals surface area contributed by atoms with E-state index in [1.165, 1.54) is 20.2 Å². The topological polar surface area (TPSA) is 79.5 Å². The first-order valence-corrected chi connectivity index (χ1v) is 7.10. The Morgan fingerprint density at radius 2 is 2.14 bits per heavy atom.